The minimum absolute atomic E-state index is 0.138. The molecule has 31 heavy (non-hydrogen) atoms. The Labute approximate surface area is 185 Å². The second kappa shape index (κ2) is 9.70. The van der Waals surface area contributed by atoms with Crippen LogP contribution < -0.4 is 9.64 Å². The van der Waals surface area contributed by atoms with Gasteiger partial charge in [0.05, 0.1) is 12.0 Å². The number of sulfonamides is 1. The molecule has 1 aliphatic rings. The van der Waals surface area contributed by atoms with E-state index in [4.69, 9.17) is 4.74 Å². The standard InChI is InChI=1S/C23H31N3O4S/c1-18(2)24(3)31(28,29)22-8-5-7-19(17-22)23(27)26-14-6-13-25(15-16-26)20-9-11-21(30-4)12-10-20/h5,7-12,17-18H,6,13-16H2,1-4H3. The Balaban J connectivity index is 1.73. The van der Waals surface area contributed by atoms with Crippen molar-refractivity contribution in [2.75, 3.05) is 45.2 Å². The smallest absolute Gasteiger partial charge is 0.253 e. The average Bonchev–Trinajstić information content (AvgIpc) is 3.04. The number of amides is 1. The highest BCUT2D eigenvalue weighted by Crippen LogP contribution is 2.22. The fourth-order valence-electron chi connectivity index (χ4n) is 3.59. The summed E-state index contributed by atoms with van der Waals surface area (Å²) in [7, 11) is -0.442. The first-order valence-electron chi connectivity index (χ1n) is 10.5. The lowest BCUT2D eigenvalue weighted by Crippen LogP contribution is -2.35. The predicted octanol–water partition coefficient (Wildman–Crippen LogP) is 3.08. The molecule has 1 amide bonds. The van der Waals surface area contributed by atoms with Crippen LogP contribution in [0, 0.1) is 0 Å². The first-order valence-corrected chi connectivity index (χ1v) is 11.9. The molecule has 0 radical (unpaired) electrons. The zero-order chi connectivity index (χ0) is 22.6. The molecule has 0 bridgehead atoms. The van der Waals surface area contributed by atoms with Crippen LogP contribution in [-0.2, 0) is 10.0 Å². The molecule has 1 fully saturated rings. The van der Waals surface area contributed by atoms with Gasteiger partial charge in [-0.1, -0.05) is 6.07 Å². The molecule has 7 nitrogen and oxygen atoms in total. The molecule has 2 aromatic rings. The van der Waals surface area contributed by atoms with Crippen LogP contribution in [0.15, 0.2) is 53.4 Å². The van der Waals surface area contributed by atoms with Gasteiger partial charge in [0.1, 0.15) is 5.75 Å². The molecular formula is C23H31N3O4S. The third-order valence-corrected chi connectivity index (χ3v) is 7.74. The summed E-state index contributed by atoms with van der Waals surface area (Å²) in [6, 6.07) is 14.1. The van der Waals surface area contributed by atoms with Crippen molar-refractivity contribution in [1.29, 1.82) is 0 Å². The molecule has 0 N–H and O–H groups in total. The number of methoxy groups -OCH3 is 1. The third kappa shape index (κ3) is 5.19. The van der Waals surface area contributed by atoms with Crippen LogP contribution >= 0.6 is 0 Å². The van der Waals surface area contributed by atoms with E-state index in [1.165, 1.54) is 10.4 Å². The summed E-state index contributed by atoms with van der Waals surface area (Å²) in [6.07, 6.45) is 0.839. The number of benzene rings is 2. The second-order valence-corrected chi connectivity index (χ2v) is 9.97. The van der Waals surface area contributed by atoms with E-state index >= 15 is 0 Å². The molecule has 1 saturated heterocycles. The van der Waals surface area contributed by atoms with Gasteiger partial charge in [0.15, 0.2) is 0 Å². The Morgan fingerprint density at radius 2 is 1.74 bits per heavy atom. The van der Waals surface area contributed by atoms with E-state index in [-0.39, 0.29) is 16.8 Å². The number of nitrogens with zero attached hydrogens (tertiary/aromatic N) is 3. The van der Waals surface area contributed by atoms with Crippen LogP contribution in [0.1, 0.15) is 30.6 Å². The zero-order valence-corrected chi connectivity index (χ0v) is 19.4. The van der Waals surface area contributed by atoms with Crippen molar-refractivity contribution in [3.05, 3.63) is 54.1 Å². The summed E-state index contributed by atoms with van der Waals surface area (Å²) in [5.41, 5.74) is 1.50. The predicted molar refractivity (Wildman–Crippen MR) is 122 cm³/mol. The Morgan fingerprint density at radius 1 is 1.03 bits per heavy atom. The van der Waals surface area contributed by atoms with Gasteiger partial charge in [-0.3, -0.25) is 4.79 Å². The number of hydrogen-bond donors (Lipinski definition) is 0. The van der Waals surface area contributed by atoms with Gasteiger partial charge in [-0.05, 0) is 62.7 Å². The Bertz CT molecular complexity index is 1010. The van der Waals surface area contributed by atoms with Gasteiger partial charge in [-0.2, -0.15) is 4.31 Å². The largest absolute Gasteiger partial charge is 0.497 e. The fraction of sp³-hybridized carbons (Fsp3) is 0.435. The van der Waals surface area contributed by atoms with Gasteiger partial charge in [0.25, 0.3) is 5.91 Å². The molecule has 3 rings (SSSR count). The topological polar surface area (TPSA) is 70.2 Å². The molecule has 0 spiro atoms. The summed E-state index contributed by atoms with van der Waals surface area (Å²) < 4.78 is 32.2. The molecule has 0 saturated carbocycles. The first-order chi connectivity index (χ1) is 14.7. The van der Waals surface area contributed by atoms with Crippen LogP contribution in [-0.4, -0.2) is 69.9 Å². The van der Waals surface area contributed by atoms with E-state index in [0.29, 0.717) is 25.2 Å². The van der Waals surface area contributed by atoms with Crippen molar-refractivity contribution in [3.8, 4) is 5.75 Å². The Kier molecular flexibility index (Phi) is 7.23. The zero-order valence-electron chi connectivity index (χ0n) is 18.6. The first kappa shape index (κ1) is 23.1. The molecule has 8 heteroatoms. The lowest BCUT2D eigenvalue weighted by atomic mass is 10.2. The van der Waals surface area contributed by atoms with Crippen molar-refractivity contribution in [2.45, 2.75) is 31.2 Å². The van der Waals surface area contributed by atoms with Crippen LogP contribution in [0.5, 0.6) is 5.75 Å². The van der Waals surface area contributed by atoms with Crippen LogP contribution in [0.2, 0.25) is 0 Å². The summed E-state index contributed by atoms with van der Waals surface area (Å²) in [5, 5.41) is 0. The van der Waals surface area contributed by atoms with Crippen molar-refractivity contribution >= 4 is 21.6 Å². The quantitative estimate of drug-likeness (QED) is 0.684. The van der Waals surface area contributed by atoms with Crippen molar-refractivity contribution < 1.29 is 17.9 Å². The molecule has 2 aromatic carbocycles. The highest BCUT2D eigenvalue weighted by atomic mass is 32.2. The molecule has 0 atom stereocenters. The van der Waals surface area contributed by atoms with Crippen molar-refractivity contribution in [2.24, 2.45) is 0 Å². The highest BCUT2D eigenvalue weighted by Gasteiger charge is 2.26. The van der Waals surface area contributed by atoms with Crippen LogP contribution in [0.25, 0.3) is 0 Å². The van der Waals surface area contributed by atoms with Gasteiger partial charge in [-0.25, -0.2) is 8.42 Å². The lowest BCUT2D eigenvalue weighted by Gasteiger charge is -2.24. The summed E-state index contributed by atoms with van der Waals surface area (Å²) >= 11 is 0. The number of hydrogen-bond acceptors (Lipinski definition) is 5. The van der Waals surface area contributed by atoms with Gasteiger partial charge >= 0.3 is 0 Å². The maximum absolute atomic E-state index is 13.1. The summed E-state index contributed by atoms with van der Waals surface area (Å²) in [4.78, 5) is 17.3. The van der Waals surface area contributed by atoms with Crippen LogP contribution in [0.3, 0.4) is 0 Å². The molecule has 0 aliphatic carbocycles. The molecule has 1 aliphatic heterocycles. The monoisotopic (exact) mass is 445 g/mol. The third-order valence-electron chi connectivity index (χ3n) is 5.71. The second-order valence-electron chi connectivity index (χ2n) is 7.97. The lowest BCUT2D eigenvalue weighted by molar-refractivity contribution is 0.0766. The van der Waals surface area contributed by atoms with Gasteiger partial charge in [-0.15, -0.1) is 0 Å². The molecule has 0 unspecified atom stereocenters. The van der Waals surface area contributed by atoms with E-state index in [0.717, 1.165) is 24.4 Å². The average molecular weight is 446 g/mol. The fourth-order valence-corrected chi connectivity index (χ4v) is 5.00. The Hall–Kier alpha value is -2.58. The number of carbonyl (C=O) groups excluding carboxylic acids is 1. The normalized spacial score (nSPS) is 15.3. The maximum atomic E-state index is 13.1. The maximum Gasteiger partial charge on any atom is 0.253 e. The van der Waals surface area contributed by atoms with Gasteiger partial charge in [0.2, 0.25) is 10.0 Å². The molecule has 1 heterocycles. The number of ether oxygens (including phenoxy) is 1. The highest BCUT2D eigenvalue weighted by molar-refractivity contribution is 7.89. The molecule has 168 valence electrons. The van der Waals surface area contributed by atoms with Gasteiger partial charge in [0, 0.05) is 50.5 Å². The van der Waals surface area contributed by atoms with E-state index in [2.05, 4.69) is 4.90 Å². The van der Waals surface area contributed by atoms with Crippen LogP contribution in [0.4, 0.5) is 5.69 Å². The Morgan fingerprint density at radius 3 is 2.39 bits per heavy atom. The summed E-state index contributed by atoms with van der Waals surface area (Å²) in [5.74, 6) is 0.675. The number of anilines is 1. The van der Waals surface area contributed by atoms with E-state index in [1.807, 2.05) is 38.1 Å². The van der Waals surface area contributed by atoms with Gasteiger partial charge < -0.3 is 14.5 Å². The molecular weight excluding hydrogens is 414 g/mol. The minimum Gasteiger partial charge on any atom is -0.497 e. The van der Waals surface area contributed by atoms with E-state index in [1.54, 1.807) is 37.3 Å². The SMILES string of the molecule is COc1ccc(N2CCCN(C(=O)c3cccc(S(=O)(=O)N(C)C(C)C)c3)CC2)cc1. The van der Waals surface area contributed by atoms with Crippen molar-refractivity contribution in [1.82, 2.24) is 9.21 Å². The van der Waals surface area contributed by atoms with Crippen molar-refractivity contribution in [3.63, 3.8) is 0 Å². The van der Waals surface area contributed by atoms with E-state index in [9.17, 15) is 13.2 Å². The number of carbonyl (C=O) groups is 1. The number of rotatable bonds is 6. The minimum atomic E-state index is -3.64. The molecule has 0 aromatic heterocycles. The summed E-state index contributed by atoms with van der Waals surface area (Å²) in [6.45, 7) is 6.41. The van der Waals surface area contributed by atoms with E-state index < -0.39 is 10.0 Å².